The minimum absolute atomic E-state index is 0.0762. The molecule has 3 heteroatoms. The average Bonchev–Trinajstić information content (AvgIpc) is 3.19. The van der Waals surface area contributed by atoms with Crippen LogP contribution in [-0.4, -0.2) is 47.8 Å². The minimum atomic E-state index is -0.0762. The van der Waals surface area contributed by atoms with Crippen LogP contribution in [-0.2, 0) is 0 Å². The van der Waals surface area contributed by atoms with Crippen molar-refractivity contribution in [2.45, 2.75) is 71.4 Å². The van der Waals surface area contributed by atoms with E-state index in [-0.39, 0.29) is 12.1 Å². The first-order valence-corrected chi connectivity index (χ1v) is 8.16. The molecule has 2 N–H and O–H groups in total. The number of rotatable bonds is 11. The van der Waals surface area contributed by atoms with E-state index >= 15 is 0 Å². The van der Waals surface area contributed by atoms with Gasteiger partial charge in [0.2, 0.25) is 0 Å². The van der Waals surface area contributed by atoms with Crippen LogP contribution >= 0.6 is 0 Å². The Kier molecular flexibility index (Phi) is 7.33. The van der Waals surface area contributed by atoms with Crippen molar-refractivity contribution in [1.82, 2.24) is 10.2 Å². The van der Waals surface area contributed by atoms with Crippen LogP contribution < -0.4 is 5.32 Å². The second-order valence-electron chi connectivity index (χ2n) is 6.53. The summed E-state index contributed by atoms with van der Waals surface area (Å²) in [7, 11) is 0. The molecule has 19 heavy (non-hydrogen) atoms. The topological polar surface area (TPSA) is 35.5 Å². The van der Waals surface area contributed by atoms with Gasteiger partial charge < -0.3 is 15.3 Å². The summed E-state index contributed by atoms with van der Waals surface area (Å²) in [5.74, 6) is 0.975. The summed E-state index contributed by atoms with van der Waals surface area (Å²) in [4.78, 5) is 2.57. The van der Waals surface area contributed by atoms with Gasteiger partial charge in [0, 0.05) is 18.1 Å². The van der Waals surface area contributed by atoms with Crippen molar-refractivity contribution >= 4 is 0 Å². The van der Waals surface area contributed by atoms with Crippen molar-refractivity contribution < 1.29 is 5.11 Å². The summed E-state index contributed by atoms with van der Waals surface area (Å²) in [5, 5.41) is 13.3. The molecule has 3 nitrogen and oxygen atoms in total. The molecule has 114 valence electrons. The van der Waals surface area contributed by atoms with Gasteiger partial charge in [-0.15, -0.1) is 0 Å². The summed E-state index contributed by atoms with van der Waals surface area (Å²) in [5.41, 5.74) is -0.0762. The van der Waals surface area contributed by atoms with Crippen LogP contribution in [0.25, 0.3) is 0 Å². The van der Waals surface area contributed by atoms with Crippen LogP contribution in [0.15, 0.2) is 0 Å². The van der Waals surface area contributed by atoms with Crippen molar-refractivity contribution in [2.75, 3.05) is 26.2 Å². The van der Waals surface area contributed by atoms with E-state index in [0.29, 0.717) is 6.04 Å². The third kappa shape index (κ3) is 6.24. The van der Waals surface area contributed by atoms with Crippen LogP contribution in [0.1, 0.15) is 59.8 Å². The Hall–Kier alpha value is -0.120. The summed E-state index contributed by atoms with van der Waals surface area (Å²) >= 11 is 0. The molecule has 0 aromatic heterocycles. The Bertz CT molecular complexity index is 235. The zero-order chi connectivity index (χ0) is 14.3. The highest BCUT2D eigenvalue weighted by atomic mass is 16.3. The third-order valence-corrected chi connectivity index (χ3v) is 4.36. The maximum absolute atomic E-state index is 9.73. The predicted octanol–water partition coefficient (Wildman–Crippen LogP) is 2.64. The lowest BCUT2D eigenvalue weighted by atomic mass is 9.90. The highest BCUT2D eigenvalue weighted by Gasteiger charge is 2.28. The van der Waals surface area contributed by atoms with Gasteiger partial charge in [0.25, 0.3) is 0 Å². The van der Waals surface area contributed by atoms with Gasteiger partial charge in [-0.25, -0.2) is 0 Å². The molecule has 0 bridgehead atoms. The van der Waals surface area contributed by atoms with E-state index in [1.54, 1.807) is 0 Å². The smallest absolute Gasteiger partial charge is 0.0613 e. The Morgan fingerprint density at radius 2 is 2.00 bits per heavy atom. The Morgan fingerprint density at radius 3 is 2.42 bits per heavy atom. The van der Waals surface area contributed by atoms with Gasteiger partial charge in [-0.3, -0.25) is 0 Å². The van der Waals surface area contributed by atoms with Crippen LogP contribution in [0.2, 0.25) is 0 Å². The minimum Gasteiger partial charge on any atom is -0.394 e. The average molecular weight is 270 g/mol. The molecule has 0 radical (unpaired) electrons. The van der Waals surface area contributed by atoms with Crippen molar-refractivity contribution in [1.29, 1.82) is 0 Å². The summed E-state index contributed by atoms with van der Waals surface area (Å²) < 4.78 is 0. The lowest BCUT2D eigenvalue weighted by molar-refractivity contribution is 0.130. The second kappa shape index (κ2) is 8.23. The van der Waals surface area contributed by atoms with Gasteiger partial charge >= 0.3 is 0 Å². The largest absolute Gasteiger partial charge is 0.394 e. The van der Waals surface area contributed by atoms with E-state index in [9.17, 15) is 5.11 Å². The number of aliphatic hydroxyl groups excluding tert-OH is 1. The molecule has 1 fully saturated rings. The molecule has 1 aliphatic carbocycles. The lowest BCUT2D eigenvalue weighted by Gasteiger charge is -2.35. The fraction of sp³-hybridized carbons (Fsp3) is 1.00. The first-order chi connectivity index (χ1) is 9.05. The zero-order valence-electron chi connectivity index (χ0n) is 13.4. The van der Waals surface area contributed by atoms with Gasteiger partial charge in [0.05, 0.1) is 6.61 Å². The van der Waals surface area contributed by atoms with Crippen molar-refractivity contribution in [2.24, 2.45) is 5.92 Å². The predicted molar refractivity (Wildman–Crippen MR) is 82.5 cm³/mol. The zero-order valence-corrected chi connectivity index (χ0v) is 13.4. The molecule has 1 unspecified atom stereocenters. The molecule has 1 rings (SSSR count). The van der Waals surface area contributed by atoms with E-state index in [2.05, 4.69) is 37.9 Å². The fourth-order valence-electron chi connectivity index (χ4n) is 2.89. The van der Waals surface area contributed by atoms with Gasteiger partial charge in [0.1, 0.15) is 0 Å². The summed E-state index contributed by atoms with van der Waals surface area (Å²) in [6.45, 7) is 12.6. The summed E-state index contributed by atoms with van der Waals surface area (Å²) in [6, 6.07) is 0.431. The Labute approximate surface area is 119 Å². The first-order valence-electron chi connectivity index (χ1n) is 8.16. The van der Waals surface area contributed by atoms with Gasteiger partial charge in [0.15, 0.2) is 0 Å². The van der Waals surface area contributed by atoms with Gasteiger partial charge in [-0.1, -0.05) is 27.7 Å². The van der Waals surface area contributed by atoms with E-state index in [4.69, 9.17) is 0 Å². The van der Waals surface area contributed by atoms with Crippen molar-refractivity contribution in [3.8, 4) is 0 Å². The number of hydrogen-bond donors (Lipinski definition) is 2. The molecule has 1 aliphatic rings. The van der Waals surface area contributed by atoms with Gasteiger partial charge in [-0.05, 0) is 51.1 Å². The Morgan fingerprint density at radius 1 is 1.32 bits per heavy atom. The quantitative estimate of drug-likeness (QED) is 0.606. The van der Waals surface area contributed by atoms with E-state index in [0.717, 1.165) is 25.3 Å². The molecule has 0 amide bonds. The summed E-state index contributed by atoms with van der Waals surface area (Å²) in [6.07, 6.45) is 6.10. The van der Waals surface area contributed by atoms with Crippen LogP contribution in [0, 0.1) is 5.92 Å². The lowest BCUT2D eigenvalue weighted by Crippen LogP contribution is -2.51. The molecule has 0 aromatic carbocycles. The molecule has 0 aliphatic heterocycles. The standard InChI is InChI=1S/C16H34N2O/c1-5-16(13-19,17-14(3)4)10-7-11-18(6-2)12-15-8-9-15/h14-15,17,19H,5-13H2,1-4H3. The highest BCUT2D eigenvalue weighted by molar-refractivity contribution is 4.88. The molecule has 0 heterocycles. The molecule has 0 spiro atoms. The first kappa shape index (κ1) is 16.9. The highest BCUT2D eigenvalue weighted by Crippen LogP contribution is 2.29. The van der Waals surface area contributed by atoms with Crippen molar-refractivity contribution in [3.63, 3.8) is 0 Å². The third-order valence-electron chi connectivity index (χ3n) is 4.36. The molecular weight excluding hydrogens is 236 g/mol. The van der Waals surface area contributed by atoms with Crippen molar-refractivity contribution in [3.05, 3.63) is 0 Å². The molecule has 0 aromatic rings. The SMILES string of the molecule is CCN(CCCC(CC)(CO)NC(C)C)CC1CC1. The Balaban J connectivity index is 2.32. The molecule has 1 saturated carbocycles. The number of aliphatic hydroxyl groups is 1. The normalized spacial score (nSPS) is 19.1. The fourth-order valence-corrected chi connectivity index (χ4v) is 2.89. The van der Waals surface area contributed by atoms with E-state index < -0.39 is 0 Å². The molecule has 1 atom stereocenters. The maximum atomic E-state index is 9.73. The van der Waals surface area contributed by atoms with Gasteiger partial charge in [-0.2, -0.15) is 0 Å². The second-order valence-corrected chi connectivity index (χ2v) is 6.53. The van der Waals surface area contributed by atoms with E-state index in [1.807, 2.05) is 0 Å². The van der Waals surface area contributed by atoms with Crippen LogP contribution in [0.3, 0.4) is 0 Å². The van der Waals surface area contributed by atoms with Crippen LogP contribution in [0.4, 0.5) is 0 Å². The number of nitrogens with zero attached hydrogens (tertiary/aromatic N) is 1. The number of hydrogen-bond acceptors (Lipinski definition) is 3. The van der Waals surface area contributed by atoms with Crippen LogP contribution in [0.5, 0.6) is 0 Å². The molecular formula is C16H34N2O. The monoisotopic (exact) mass is 270 g/mol. The molecule has 0 saturated heterocycles. The number of nitrogens with one attached hydrogen (secondary N) is 1. The van der Waals surface area contributed by atoms with E-state index in [1.165, 1.54) is 32.4 Å². The maximum Gasteiger partial charge on any atom is 0.0613 e.